The van der Waals surface area contributed by atoms with Crippen molar-refractivity contribution in [2.24, 2.45) is 0 Å². The number of rotatable bonds is 3. The minimum absolute atomic E-state index is 0.514. The topological polar surface area (TPSA) is 60.5 Å². The monoisotopic (exact) mass is 252 g/mol. The molecule has 5 nitrogen and oxygen atoms in total. The molecule has 1 heterocycles. The predicted octanol–water partition coefficient (Wildman–Crippen LogP) is 2.87. The third-order valence-corrected chi connectivity index (χ3v) is 3.00. The number of benzene rings is 1. The maximum Gasteiger partial charge on any atom is 0.413 e. The number of methoxy groups -OCH3 is 1. The van der Waals surface area contributed by atoms with Crippen LogP contribution in [0, 0.1) is 0 Å². The molecule has 1 N–H and O–H groups in total. The Labute approximate surface area is 102 Å². The third kappa shape index (κ3) is 2.65. The van der Waals surface area contributed by atoms with Gasteiger partial charge in [-0.1, -0.05) is 11.3 Å². The van der Waals surface area contributed by atoms with Crippen LogP contribution in [0.25, 0.3) is 10.2 Å². The third-order valence-electron chi connectivity index (χ3n) is 2.07. The molecule has 0 radical (unpaired) electrons. The van der Waals surface area contributed by atoms with Crippen LogP contribution in [0.5, 0.6) is 5.75 Å². The number of hydrogen-bond acceptors (Lipinski definition) is 5. The van der Waals surface area contributed by atoms with Crippen molar-refractivity contribution in [3.63, 3.8) is 0 Å². The van der Waals surface area contributed by atoms with Crippen LogP contribution < -0.4 is 10.1 Å². The van der Waals surface area contributed by atoms with E-state index >= 15 is 0 Å². The van der Waals surface area contributed by atoms with Crippen molar-refractivity contribution in [3.8, 4) is 5.75 Å². The van der Waals surface area contributed by atoms with E-state index in [1.54, 1.807) is 0 Å². The van der Waals surface area contributed by atoms with Gasteiger partial charge < -0.3 is 9.47 Å². The Morgan fingerprint density at radius 2 is 2.35 bits per heavy atom. The predicted molar refractivity (Wildman–Crippen MR) is 66.8 cm³/mol. The van der Waals surface area contributed by atoms with Gasteiger partial charge in [-0.05, 0) is 25.1 Å². The van der Waals surface area contributed by atoms with E-state index in [2.05, 4.69) is 15.0 Å². The van der Waals surface area contributed by atoms with Gasteiger partial charge in [0.1, 0.15) is 5.75 Å². The lowest BCUT2D eigenvalue weighted by atomic mass is 10.3. The highest BCUT2D eigenvalue weighted by molar-refractivity contribution is 7.22. The number of amides is 1. The molecule has 0 saturated carbocycles. The van der Waals surface area contributed by atoms with Gasteiger partial charge in [0.2, 0.25) is 0 Å². The summed E-state index contributed by atoms with van der Waals surface area (Å²) in [5.41, 5.74) is 0.824. The molecule has 0 aliphatic rings. The molecular weight excluding hydrogens is 240 g/mol. The lowest BCUT2D eigenvalue weighted by Crippen LogP contribution is -2.10. The molecule has 0 saturated heterocycles. The number of anilines is 1. The van der Waals surface area contributed by atoms with Crippen LogP contribution in [0.15, 0.2) is 18.2 Å². The number of thiazole rings is 1. The van der Waals surface area contributed by atoms with Crippen molar-refractivity contribution in [1.29, 1.82) is 0 Å². The van der Waals surface area contributed by atoms with E-state index < -0.39 is 6.09 Å². The standard InChI is InChI=1S/C11H12N2O3S/c1-3-16-7-4-5-8-9(6-7)17-10(12-8)13-11(14)15-2/h4-6H,3H2,1-2H3,(H,12,13,14). The van der Waals surface area contributed by atoms with Crippen LogP contribution >= 0.6 is 11.3 Å². The van der Waals surface area contributed by atoms with E-state index in [0.29, 0.717) is 11.7 Å². The molecule has 2 rings (SSSR count). The molecule has 2 aromatic rings. The molecule has 1 aromatic carbocycles. The van der Waals surface area contributed by atoms with E-state index in [1.165, 1.54) is 18.4 Å². The molecule has 0 fully saturated rings. The first-order chi connectivity index (χ1) is 8.22. The van der Waals surface area contributed by atoms with Crippen LogP contribution in [0.2, 0.25) is 0 Å². The fourth-order valence-corrected chi connectivity index (χ4v) is 2.23. The molecule has 90 valence electrons. The van der Waals surface area contributed by atoms with Gasteiger partial charge in [0, 0.05) is 0 Å². The summed E-state index contributed by atoms with van der Waals surface area (Å²) in [7, 11) is 1.32. The lowest BCUT2D eigenvalue weighted by molar-refractivity contribution is 0.187. The minimum atomic E-state index is -0.519. The summed E-state index contributed by atoms with van der Waals surface area (Å²) in [6, 6.07) is 5.62. The summed E-state index contributed by atoms with van der Waals surface area (Å²) in [5, 5.41) is 3.05. The van der Waals surface area contributed by atoms with Crippen molar-refractivity contribution < 1.29 is 14.3 Å². The molecule has 0 spiro atoms. The van der Waals surface area contributed by atoms with Gasteiger partial charge in [0.05, 0.1) is 23.9 Å². The number of ether oxygens (including phenoxy) is 2. The Morgan fingerprint density at radius 3 is 3.06 bits per heavy atom. The van der Waals surface area contributed by atoms with Crippen LogP contribution in [0.1, 0.15) is 6.92 Å². The molecule has 0 bridgehead atoms. The van der Waals surface area contributed by atoms with Crippen molar-refractivity contribution in [2.75, 3.05) is 19.0 Å². The number of carbonyl (C=O) groups is 1. The molecule has 1 amide bonds. The Morgan fingerprint density at radius 1 is 1.53 bits per heavy atom. The van der Waals surface area contributed by atoms with Gasteiger partial charge >= 0.3 is 6.09 Å². The van der Waals surface area contributed by atoms with Crippen LogP contribution in [0.4, 0.5) is 9.93 Å². The SMILES string of the molecule is CCOc1ccc2nc(NC(=O)OC)sc2c1. The zero-order valence-electron chi connectivity index (χ0n) is 9.52. The van der Waals surface area contributed by atoms with Gasteiger partial charge in [-0.2, -0.15) is 0 Å². The number of carbonyl (C=O) groups excluding carboxylic acids is 1. The van der Waals surface area contributed by atoms with Gasteiger partial charge in [-0.25, -0.2) is 9.78 Å². The zero-order valence-corrected chi connectivity index (χ0v) is 10.3. The fraction of sp³-hybridized carbons (Fsp3) is 0.273. The minimum Gasteiger partial charge on any atom is -0.494 e. The number of fused-ring (bicyclic) bond motifs is 1. The molecular formula is C11H12N2O3S. The average molecular weight is 252 g/mol. The number of nitrogens with zero attached hydrogens (tertiary/aromatic N) is 1. The van der Waals surface area contributed by atoms with Gasteiger partial charge in [-0.15, -0.1) is 0 Å². The first-order valence-electron chi connectivity index (χ1n) is 5.11. The molecule has 0 aliphatic carbocycles. The van der Waals surface area contributed by atoms with E-state index in [0.717, 1.165) is 16.0 Å². The summed E-state index contributed by atoms with van der Waals surface area (Å²) in [4.78, 5) is 15.3. The normalized spacial score (nSPS) is 10.2. The summed E-state index contributed by atoms with van der Waals surface area (Å²) >= 11 is 1.38. The Bertz CT molecular complexity index is 538. The van der Waals surface area contributed by atoms with Gasteiger partial charge in [0.15, 0.2) is 5.13 Å². The number of nitrogens with one attached hydrogen (secondary N) is 1. The summed E-state index contributed by atoms with van der Waals surface area (Å²) < 4.78 is 10.9. The summed E-state index contributed by atoms with van der Waals surface area (Å²) in [6.07, 6.45) is -0.519. The van der Waals surface area contributed by atoms with E-state index in [1.807, 2.05) is 25.1 Å². The van der Waals surface area contributed by atoms with E-state index in [-0.39, 0.29) is 0 Å². The van der Waals surface area contributed by atoms with Gasteiger partial charge in [-0.3, -0.25) is 5.32 Å². The first kappa shape index (κ1) is 11.7. The Balaban J connectivity index is 2.27. The van der Waals surface area contributed by atoms with Crippen LogP contribution in [-0.4, -0.2) is 24.8 Å². The van der Waals surface area contributed by atoms with Crippen molar-refractivity contribution in [2.45, 2.75) is 6.92 Å². The lowest BCUT2D eigenvalue weighted by Gasteiger charge is -2.00. The molecule has 0 atom stereocenters. The zero-order chi connectivity index (χ0) is 12.3. The molecule has 0 aliphatic heterocycles. The Kier molecular flexibility index (Phi) is 3.43. The second-order valence-corrected chi connectivity index (χ2v) is 4.23. The summed E-state index contributed by atoms with van der Waals surface area (Å²) in [6.45, 7) is 2.55. The van der Waals surface area contributed by atoms with Gasteiger partial charge in [0.25, 0.3) is 0 Å². The highest BCUT2D eigenvalue weighted by atomic mass is 32.1. The smallest absolute Gasteiger partial charge is 0.413 e. The van der Waals surface area contributed by atoms with E-state index in [4.69, 9.17) is 4.74 Å². The molecule has 1 aromatic heterocycles. The maximum absolute atomic E-state index is 11.0. The average Bonchev–Trinajstić information content (AvgIpc) is 2.70. The fourth-order valence-electron chi connectivity index (χ4n) is 1.35. The molecule has 17 heavy (non-hydrogen) atoms. The Hall–Kier alpha value is -1.82. The van der Waals surface area contributed by atoms with Crippen LogP contribution in [-0.2, 0) is 4.74 Å². The number of hydrogen-bond donors (Lipinski definition) is 1. The largest absolute Gasteiger partial charge is 0.494 e. The molecule has 6 heteroatoms. The number of aromatic nitrogens is 1. The van der Waals surface area contributed by atoms with Crippen molar-refractivity contribution >= 4 is 32.8 Å². The summed E-state index contributed by atoms with van der Waals surface area (Å²) in [5.74, 6) is 0.799. The second-order valence-electron chi connectivity index (χ2n) is 3.20. The molecule has 0 unspecified atom stereocenters. The first-order valence-corrected chi connectivity index (χ1v) is 5.93. The van der Waals surface area contributed by atoms with Crippen molar-refractivity contribution in [3.05, 3.63) is 18.2 Å². The maximum atomic E-state index is 11.0. The van der Waals surface area contributed by atoms with E-state index in [9.17, 15) is 4.79 Å². The second kappa shape index (κ2) is 5.01. The quantitative estimate of drug-likeness (QED) is 0.912. The van der Waals surface area contributed by atoms with Crippen LogP contribution in [0.3, 0.4) is 0 Å². The highest BCUT2D eigenvalue weighted by Gasteiger charge is 2.08. The van der Waals surface area contributed by atoms with Crippen molar-refractivity contribution in [1.82, 2.24) is 4.98 Å². The highest BCUT2D eigenvalue weighted by Crippen LogP contribution is 2.29.